The van der Waals surface area contributed by atoms with Crippen molar-refractivity contribution in [2.24, 2.45) is 0 Å². The van der Waals surface area contributed by atoms with E-state index in [1.54, 1.807) is 0 Å². The van der Waals surface area contributed by atoms with E-state index in [9.17, 15) is 9.59 Å². The smallest absolute Gasteiger partial charge is 0.304 e. The Bertz CT molecular complexity index is 223. The molecule has 0 radical (unpaired) electrons. The molecule has 0 aromatic carbocycles. The molecule has 0 aliphatic carbocycles. The van der Waals surface area contributed by atoms with Crippen molar-refractivity contribution >= 4 is 23.7 Å². The zero-order chi connectivity index (χ0) is 11.9. The second-order valence-corrected chi connectivity index (χ2v) is 5.02. The van der Waals surface area contributed by atoms with Crippen LogP contribution in [0.1, 0.15) is 39.5 Å². The molecule has 5 heteroatoms. The standard InChI is InChI=1S/C10H18O4S/c1-3-10(4-2,7-9(13)14)15-6-5-8(11)12/h3-7H2,1-2H3,(H,11,12)(H,13,14). The fraction of sp³-hybridized carbons (Fsp3) is 0.800. The molecule has 0 saturated heterocycles. The average molecular weight is 234 g/mol. The third kappa shape index (κ3) is 5.67. The van der Waals surface area contributed by atoms with Crippen molar-refractivity contribution in [3.05, 3.63) is 0 Å². The Morgan fingerprint density at radius 3 is 2.00 bits per heavy atom. The minimum absolute atomic E-state index is 0.0893. The van der Waals surface area contributed by atoms with Gasteiger partial charge in [0.2, 0.25) is 0 Å². The zero-order valence-corrected chi connectivity index (χ0v) is 9.97. The van der Waals surface area contributed by atoms with Crippen molar-refractivity contribution in [2.45, 2.75) is 44.3 Å². The SMILES string of the molecule is CCC(CC)(CC(=O)O)SCCC(=O)O. The van der Waals surface area contributed by atoms with E-state index in [0.29, 0.717) is 5.75 Å². The fourth-order valence-electron chi connectivity index (χ4n) is 1.39. The Morgan fingerprint density at radius 2 is 1.67 bits per heavy atom. The summed E-state index contributed by atoms with van der Waals surface area (Å²) in [4.78, 5) is 21.1. The molecule has 0 aromatic rings. The van der Waals surface area contributed by atoms with Gasteiger partial charge < -0.3 is 10.2 Å². The molecule has 0 saturated carbocycles. The molecule has 0 aromatic heterocycles. The number of aliphatic carboxylic acids is 2. The highest BCUT2D eigenvalue weighted by Gasteiger charge is 2.29. The summed E-state index contributed by atoms with van der Waals surface area (Å²) in [7, 11) is 0. The van der Waals surface area contributed by atoms with Gasteiger partial charge in [-0.25, -0.2) is 0 Å². The highest BCUT2D eigenvalue weighted by Crippen LogP contribution is 2.36. The number of rotatable bonds is 8. The number of carboxylic acids is 2. The molecule has 0 heterocycles. The van der Waals surface area contributed by atoms with Gasteiger partial charge in [0.25, 0.3) is 0 Å². The van der Waals surface area contributed by atoms with E-state index in [1.165, 1.54) is 11.8 Å². The van der Waals surface area contributed by atoms with Crippen molar-refractivity contribution in [3.63, 3.8) is 0 Å². The van der Waals surface area contributed by atoms with Gasteiger partial charge in [0.1, 0.15) is 0 Å². The first-order valence-electron chi connectivity index (χ1n) is 5.03. The number of hydrogen-bond donors (Lipinski definition) is 2. The van der Waals surface area contributed by atoms with Crippen LogP contribution in [-0.4, -0.2) is 32.7 Å². The second kappa shape index (κ2) is 6.71. The second-order valence-electron chi connectivity index (χ2n) is 3.45. The molecule has 0 aliphatic rings. The van der Waals surface area contributed by atoms with Gasteiger partial charge in [0, 0.05) is 10.5 Å². The van der Waals surface area contributed by atoms with Crippen LogP contribution < -0.4 is 0 Å². The van der Waals surface area contributed by atoms with Gasteiger partial charge in [-0.2, -0.15) is 11.8 Å². The van der Waals surface area contributed by atoms with Gasteiger partial charge in [-0.05, 0) is 12.8 Å². The Kier molecular flexibility index (Phi) is 6.40. The fourth-order valence-corrected chi connectivity index (χ4v) is 2.73. The van der Waals surface area contributed by atoms with Crippen LogP contribution in [0, 0.1) is 0 Å². The summed E-state index contributed by atoms with van der Waals surface area (Å²) >= 11 is 1.46. The minimum atomic E-state index is -0.834. The van der Waals surface area contributed by atoms with Crippen LogP contribution in [0.2, 0.25) is 0 Å². The molecule has 0 spiro atoms. The van der Waals surface area contributed by atoms with Crippen molar-refractivity contribution in [2.75, 3.05) is 5.75 Å². The highest BCUT2D eigenvalue weighted by atomic mass is 32.2. The van der Waals surface area contributed by atoms with Crippen LogP contribution in [0.15, 0.2) is 0 Å². The molecule has 4 nitrogen and oxygen atoms in total. The molecule has 0 aliphatic heterocycles. The van der Waals surface area contributed by atoms with Crippen molar-refractivity contribution < 1.29 is 19.8 Å². The molecule has 0 amide bonds. The Hall–Kier alpha value is -0.710. The van der Waals surface area contributed by atoms with Gasteiger partial charge in [-0.1, -0.05) is 13.8 Å². The van der Waals surface area contributed by atoms with Crippen molar-refractivity contribution in [1.29, 1.82) is 0 Å². The first-order valence-corrected chi connectivity index (χ1v) is 6.02. The summed E-state index contributed by atoms with van der Waals surface area (Å²) in [6.07, 6.45) is 1.69. The third-order valence-electron chi connectivity index (χ3n) is 2.49. The number of thioether (sulfide) groups is 1. The lowest BCUT2D eigenvalue weighted by Gasteiger charge is -2.29. The largest absolute Gasteiger partial charge is 0.481 e. The zero-order valence-electron chi connectivity index (χ0n) is 9.15. The summed E-state index contributed by atoms with van der Waals surface area (Å²) in [5, 5.41) is 17.3. The topological polar surface area (TPSA) is 74.6 Å². The van der Waals surface area contributed by atoms with Crippen molar-refractivity contribution in [3.8, 4) is 0 Å². The average Bonchev–Trinajstić information content (AvgIpc) is 2.15. The Labute approximate surface area is 94.1 Å². The maximum Gasteiger partial charge on any atom is 0.304 e. The van der Waals surface area contributed by atoms with Crippen LogP contribution in [-0.2, 0) is 9.59 Å². The maximum atomic E-state index is 10.7. The van der Waals surface area contributed by atoms with Crippen LogP contribution >= 0.6 is 11.8 Å². The summed E-state index contributed by atoms with van der Waals surface area (Å²) in [6, 6.07) is 0. The van der Waals surface area contributed by atoms with E-state index in [0.717, 1.165) is 12.8 Å². The predicted molar refractivity (Wildman–Crippen MR) is 60.3 cm³/mol. The number of hydrogen-bond acceptors (Lipinski definition) is 3. The Balaban J connectivity index is 4.23. The van der Waals surface area contributed by atoms with Crippen LogP contribution in [0.3, 0.4) is 0 Å². The molecule has 88 valence electrons. The monoisotopic (exact) mass is 234 g/mol. The molecule has 0 atom stereocenters. The summed E-state index contributed by atoms with van der Waals surface area (Å²) in [5.74, 6) is -1.18. The molecular weight excluding hydrogens is 216 g/mol. The first-order chi connectivity index (χ1) is 6.95. The van der Waals surface area contributed by atoms with E-state index in [2.05, 4.69) is 0 Å². The normalized spacial score (nSPS) is 11.3. The molecule has 0 rings (SSSR count). The number of carboxylic acid groups (broad SMARTS) is 2. The van der Waals surface area contributed by atoms with Gasteiger partial charge in [-0.3, -0.25) is 9.59 Å². The third-order valence-corrected chi connectivity index (χ3v) is 4.23. The first kappa shape index (κ1) is 14.3. The molecular formula is C10H18O4S. The van der Waals surface area contributed by atoms with E-state index in [4.69, 9.17) is 10.2 Å². The number of carbonyl (C=O) groups is 2. The van der Waals surface area contributed by atoms with Crippen LogP contribution in [0.25, 0.3) is 0 Å². The van der Waals surface area contributed by atoms with E-state index >= 15 is 0 Å². The van der Waals surface area contributed by atoms with Gasteiger partial charge >= 0.3 is 11.9 Å². The van der Waals surface area contributed by atoms with Gasteiger partial charge in [0.15, 0.2) is 0 Å². The summed E-state index contributed by atoms with van der Waals surface area (Å²) < 4.78 is -0.304. The lowest BCUT2D eigenvalue weighted by Crippen LogP contribution is -2.27. The molecule has 15 heavy (non-hydrogen) atoms. The van der Waals surface area contributed by atoms with E-state index < -0.39 is 11.9 Å². The molecule has 0 unspecified atom stereocenters. The highest BCUT2D eigenvalue weighted by molar-refractivity contribution is 8.00. The van der Waals surface area contributed by atoms with E-state index in [1.807, 2.05) is 13.8 Å². The van der Waals surface area contributed by atoms with E-state index in [-0.39, 0.29) is 17.6 Å². The lowest BCUT2D eigenvalue weighted by molar-refractivity contribution is -0.138. The summed E-state index contributed by atoms with van der Waals surface area (Å²) in [5.41, 5.74) is 0. The molecule has 0 bridgehead atoms. The minimum Gasteiger partial charge on any atom is -0.481 e. The predicted octanol–water partition coefficient (Wildman–Crippen LogP) is 2.23. The van der Waals surface area contributed by atoms with Crippen LogP contribution in [0.4, 0.5) is 0 Å². The Morgan fingerprint density at radius 1 is 1.13 bits per heavy atom. The van der Waals surface area contributed by atoms with Crippen molar-refractivity contribution in [1.82, 2.24) is 0 Å². The van der Waals surface area contributed by atoms with Gasteiger partial charge in [0.05, 0.1) is 12.8 Å². The quantitative estimate of drug-likeness (QED) is 0.673. The molecule has 0 fully saturated rings. The van der Waals surface area contributed by atoms with Crippen LogP contribution in [0.5, 0.6) is 0 Å². The summed E-state index contributed by atoms with van der Waals surface area (Å²) in [6.45, 7) is 3.89. The maximum absolute atomic E-state index is 10.7. The molecule has 2 N–H and O–H groups in total. The lowest BCUT2D eigenvalue weighted by atomic mass is 9.98. The van der Waals surface area contributed by atoms with Gasteiger partial charge in [-0.15, -0.1) is 0 Å².